The zero-order valence-electron chi connectivity index (χ0n) is 12.6. The fourth-order valence-corrected chi connectivity index (χ4v) is 2.71. The lowest BCUT2D eigenvalue weighted by atomic mass is 10.2. The molecule has 7 nitrogen and oxygen atoms in total. The molecule has 4 rings (SSSR count). The molecule has 3 aromatic heterocycles. The maximum absolute atomic E-state index is 5.56. The summed E-state index contributed by atoms with van der Waals surface area (Å²) >= 11 is 0. The molecule has 23 heavy (non-hydrogen) atoms. The smallest absolute Gasteiger partial charge is 0.255 e. The molecule has 0 N–H and O–H groups in total. The molecule has 118 valence electrons. The molecule has 1 saturated heterocycles. The van der Waals surface area contributed by atoms with E-state index < -0.39 is 0 Å². The van der Waals surface area contributed by atoms with Crippen LogP contribution in [-0.2, 0) is 17.7 Å². The van der Waals surface area contributed by atoms with Crippen LogP contribution in [0.5, 0.6) is 0 Å². The van der Waals surface area contributed by atoms with Gasteiger partial charge in [-0.1, -0.05) is 11.2 Å². The molecule has 0 saturated carbocycles. The van der Waals surface area contributed by atoms with Gasteiger partial charge in [0.15, 0.2) is 11.6 Å². The summed E-state index contributed by atoms with van der Waals surface area (Å²) < 4.78 is 12.9. The van der Waals surface area contributed by atoms with Crippen molar-refractivity contribution < 1.29 is 9.26 Å². The molecule has 3 aromatic rings. The average Bonchev–Trinajstić information content (AvgIpc) is 3.33. The van der Waals surface area contributed by atoms with Crippen molar-refractivity contribution in [2.45, 2.75) is 31.9 Å². The van der Waals surface area contributed by atoms with E-state index in [1.165, 1.54) is 0 Å². The summed E-state index contributed by atoms with van der Waals surface area (Å²) in [6.45, 7) is 1.49. The summed E-state index contributed by atoms with van der Waals surface area (Å²) in [6, 6.07) is 5.79. The molecule has 1 fully saturated rings. The minimum atomic E-state index is -0.0337. The van der Waals surface area contributed by atoms with Crippen molar-refractivity contribution in [1.29, 1.82) is 0 Å². The third-order valence-corrected chi connectivity index (χ3v) is 3.87. The molecule has 0 amide bonds. The van der Waals surface area contributed by atoms with Gasteiger partial charge in [0.2, 0.25) is 0 Å². The lowest BCUT2D eigenvalue weighted by Crippen LogP contribution is -2.04. The van der Waals surface area contributed by atoms with Gasteiger partial charge in [0, 0.05) is 38.2 Å². The molecule has 7 heteroatoms. The lowest BCUT2D eigenvalue weighted by Gasteiger charge is -2.05. The normalized spacial score (nSPS) is 17.7. The lowest BCUT2D eigenvalue weighted by molar-refractivity contribution is 0.0835. The van der Waals surface area contributed by atoms with Gasteiger partial charge in [-0.05, 0) is 25.0 Å². The van der Waals surface area contributed by atoms with Crippen molar-refractivity contribution >= 4 is 0 Å². The van der Waals surface area contributed by atoms with Gasteiger partial charge in [-0.15, -0.1) is 0 Å². The third kappa shape index (κ3) is 3.00. The van der Waals surface area contributed by atoms with Crippen LogP contribution in [0.25, 0.3) is 11.5 Å². The van der Waals surface area contributed by atoms with Crippen LogP contribution in [0.4, 0.5) is 0 Å². The van der Waals surface area contributed by atoms with Crippen LogP contribution < -0.4 is 0 Å². The summed E-state index contributed by atoms with van der Waals surface area (Å²) in [4.78, 5) is 13.2. The van der Waals surface area contributed by atoms with Crippen molar-refractivity contribution in [2.75, 3.05) is 6.61 Å². The highest BCUT2D eigenvalue weighted by Gasteiger charge is 2.23. The Hall–Kier alpha value is -2.54. The minimum Gasteiger partial charge on any atom is -0.368 e. The fourth-order valence-electron chi connectivity index (χ4n) is 2.71. The maximum atomic E-state index is 5.56. The van der Waals surface area contributed by atoms with Crippen LogP contribution in [0.1, 0.15) is 30.7 Å². The highest BCUT2D eigenvalue weighted by molar-refractivity contribution is 5.48. The molecule has 1 atom stereocenters. The Morgan fingerprint density at radius 3 is 3.04 bits per heavy atom. The number of hydrogen-bond donors (Lipinski definition) is 0. The van der Waals surface area contributed by atoms with Crippen LogP contribution in [0, 0.1) is 0 Å². The molecule has 1 unspecified atom stereocenters. The minimum absolute atomic E-state index is 0.0337. The highest BCUT2D eigenvalue weighted by atomic mass is 16.5. The molecule has 4 heterocycles. The Kier molecular flexibility index (Phi) is 3.85. The predicted octanol–water partition coefficient (Wildman–Crippen LogP) is 2.42. The van der Waals surface area contributed by atoms with Crippen molar-refractivity contribution in [3.8, 4) is 11.5 Å². The first-order valence-corrected chi connectivity index (χ1v) is 7.77. The van der Waals surface area contributed by atoms with Crippen molar-refractivity contribution in [3.05, 3.63) is 48.5 Å². The molecule has 0 bridgehead atoms. The maximum Gasteiger partial charge on any atom is 0.255 e. The van der Waals surface area contributed by atoms with Gasteiger partial charge in [-0.25, -0.2) is 4.98 Å². The van der Waals surface area contributed by atoms with Crippen LogP contribution >= 0.6 is 0 Å². The van der Waals surface area contributed by atoms with Crippen LogP contribution in [0.2, 0.25) is 0 Å². The Balaban J connectivity index is 1.45. The number of rotatable bonds is 5. The van der Waals surface area contributed by atoms with E-state index in [0.29, 0.717) is 18.1 Å². The second kappa shape index (κ2) is 6.29. The molecule has 0 spiro atoms. The Bertz CT molecular complexity index is 762. The molecular formula is C16H17N5O2. The summed E-state index contributed by atoms with van der Waals surface area (Å²) in [7, 11) is 0. The quantitative estimate of drug-likeness (QED) is 0.720. The van der Waals surface area contributed by atoms with Gasteiger partial charge in [0.1, 0.15) is 11.8 Å². The van der Waals surface area contributed by atoms with Gasteiger partial charge < -0.3 is 13.8 Å². The monoisotopic (exact) mass is 311 g/mol. The molecule has 1 aliphatic rings. The largest absolute Gasteiger partial charge is 0.368 e. The Labute approximate surface area is 133 Å². The zero-order chi connectivity index (χ0) is 15.5. The number of aromatic nitrogens is 5. The molecule has 0 radical (unpaired) electrons. The van der Waals surface area contributed by atoms with E-state index in [0.717, 1.165) is 37.5 Å². The standard InChI is InChI=1S/C16H17N5O2/c1-2-7-17-12(4-1)15-18-8-10-21(15)9-6-14-19-16(23-20-14)13-5-3-11-22-13/h1-2,4,7-8,10,13H,3,5-6,9,11H2. The van der Waals surface area contributed by atoms with Gasteiger partial charge >= 0.3 is 0 Å². The van der Waals surface area contributed by atoms with E-state index in [1.54, 1.807) is 12.4 Å². The first-order valence-electron chi connectivity index (χ1n) is 7.77. The number of aryl methyl sites for hydroxylation is 2. The van der Waals surface area contributed by atoms with Crippen molar-refractivity contribution in [3.63, 3.8) is 0 Å². The first-order chi connectivity index (χ1) is 11.4. The number of nitrogens with zero attached hydrogens (tertiary/aromatic N) is 5. The number of hydrogen-bond acceptors (Lipinski definition) is 6. The zero-order valence-corrected chi connectivity index (χ0v) is 12.6. The van der Waals surface area contributed by atoms with E-state index in [4.69, 9.17) is 9.26 Å². The Morgan fingerprint density at radius 1 is 1.22 bits per heavy atom. The van der Waals surface area contributed by atoms with Crippen LogP contribution in [0.3, 0.4) is 0 Å². The number of pyridine rings is 1. The Morgan fingerprint density at radius 2 is 2.22 bits per heavy atom. The summed E-state index contributed by atoms with van der Waals surface area (Å²) in [5.41, 5.74) is 0.852. The van der Waals surface area contributed by atoms with E-state index in [1.807, 2.05) is 29.0 Å². The molecular weight excluding hydrogens is 294 g/mol. The van der Waals surface area contributed by atoms with Gasteiger partial charge in [0.25, 0.3) is 5.89 Å². The van der Waals surface area contributed by atoms with Gasteiger partial charge in [-0.3, -0.25) is 4.98 Å². The summed E-state index contributed by atoms with van der Waals surface area (Å²) in [5.74, 6) is 2.12. The van der Waals surface area contributed by atoms with Crippen LogP contribution in [-0.4, -0.2) is 31.3 Å². The predicted molar refractivity (Wildman–Crippen MR) is 81.4 cm³/mol. The van der Waals surface area contributed by atoms with E-state index in [-0.39, 0.29) is 6.10 Å². The van der Waals surface area contributed by atoms with Gasteiger partial charge in [-0.2, -0.15) is 4.98 Å². The topological polar surface area (TPSA) is 78.9 Å². The number of ether oxygens (including phenoxy) is 1. The second-order valence-corrected chi connectivity index (χ2v) is 5.46. The third-order valence-electron chi connectivity index (χ3n) is 3.87. The molecule has 0 aromatic carbocycles. The van der Waals surface area contributed by atoms with Gasteiger partial charge in [0.05, 0.1) is 0 Å². The molecule has 1 aliphatic heterocycles. The highest BCUT2D eigenvalue weighted by Crippen LogP contribution is 2.27. The fraction of sp³-hybridized carbons (Fsp3) is 0.375. The molecule has 0 aliphatic carbocycles. The van der Waals surface area contributed by atoms with E-state index in [2.05, 4.69) is 20.1 Å². The van der Waals surface area contributed by atoms with E-state index in [9.17, 15) is 0 Å². The second-order valence-electron chi connectivity index (χ2n) is 5.46. The number of imidazole rings is 1. The SMILES string of the molecule is c1ccc(-c2nccn2CCc2noc(C3CCCO3)n2)nc1. The van der Waals surface area contributed by atoms with Crippen LogP contribution in [0.15, 0.2) is 41.3 Å². The average molecular weight is 311 g/mol. The summed E-state index contributed by atoms with van der Waals surface area (Å²) in [5, 5.41) is 4.05. The van der Waals surface area contributed by atoms with E-state index >= 15 is 0 Å². The van der Waals surface area contributed by atoms with Crippen molar-refractivity contribution in [1.82, 2.24) is 24.7 Å². The first kappa shape index (κ1) is 14.1. The van der Waals surface area contributed by atoms with Crippen molar-refractivity contribution in [2.24, 2.45) is 0 Å². The summed E-state index contributed by atoms with van der Waals surface area (Å²) in [6.07, 6.45) is 8.11.